The summed E-state index contributed by atoms with van der Waals surface area (Å²) in [5.74, 6) is 0.0122. The number of amides is 1. The van der Waals surface area contributed by atoms with Crippen LogP contribution in [0, 0.1) is 0 Å². The summed E-state index contributed by atoms with van der Waals surface area (Å²) < 4.78 is 5.82. The van der Waals surface area contributed by atoms with Gasteiger partial charge in [0.05, 0.1) is 12.6 Å². The number of para-hydroxylation sites is 1. The van der Waals surface area contributed by atoms with Gasteiger partial charge >= 0.3 is 6.09 Å². The van der Waals surface area contributed by atoms with Crippen LogP contribution in [0.4, 0.5) is 10.5 Å². The number of hydrogen-bond acceptors (Lipinski definition) is 3. The summed E-state index contributed by atoms with van der Waals surface area (Å²) in [6.07, 6.45) is 0.203. The Morgan fingerprint density at radius 3 is 2.03 bits per heavy atom. The van der Waals surface area contributed by atoms with Crippen LogP contribution in [-0.2, 0) is 4.74 Å². The van der Waals surface area contributed by atoms with E-state index in [0.29, 0.717) is 6.42 Å². The Bertz CT molecular complexity index is 937. The van der Waals surface area contributed by atoms with Crippen LogP contribution in [0.25, 0.3) is 11.1 Å². The smallest absolute Gasteiger partial charge is 0.414 e. The molecule has 0 aromatic heterocycles. The monoisotopic (exact) mass is 387 g/mol. The second-order valence-electron chi connectivity index (χ2n) is 7.25. The highest BCUT2D eigenvalue weighted by Gasteiger charge is 2.31. The number of fused-ring (bicyclic) bond motifs is 3. The quantitative estimate of drug-likeness (QED) is 0.631. The van der Waals surface area contributed by atoms with Gasteiger partial charge in [-0.2, -0.15) is 0 Å². The first kappa shape index (κ1) is 19.2. The summed E-state index contributed by atoms with van der Waals surface area (Å²) in [5, 5.41) is 9.80. The molecule has 3 aromatic carbocycles. The zero-order chi connectivity index (χ0) is 20.2. The molecule has 148 valence electrons. The highest BCUT2D eigenvalue weighted by Crippen LogP contribution is 2.44. The van der Waals surface area contributed by atoms with Crippen molar-refractivity contribution in [3.8, 4) is 11.1 Å². The number of anilines is 1. The molecule has 0 heterocycles. The summed E-state index contributed by atoms with van der Waals surface area (Å²) in [6, 6.07) is 25.6. The topological polar surface area (TPSA) is 49.8 Å². The Hall–Kier alpha value is -3.11. The van der Waals surface area contributed by atoms with Crippen molar-refractivity contribution in [3.63, 3.8) is 0 Å². The van der Waals surface area contributed by atoms with Gasteiger partial charge in [-0.05, 0) is 40.8 Å². The first-order valence-electron chi connectivity index (χ1n) is 10.0. The molecule has 1 aliphatic carbocycles. The van der Waals surface area contributed by atoms with Crippen molar-refractivity contribution in [2.24, 2.45) is 0 Å². The maximum Gasteiger partial charge on any atom is 0.414 e. The van der Waals surface area contributed by atoms with Gasteiger partial charge in [-0.3, -0.25) is 4.90 Å². The standard InChI is InChI=1S/C25H25NO3/c1-2-18(16-27)26(19-10-4-3-5-11-19)25(28)29-17-24-22-14-8-6-12-20(22)21-13-7-9-15-23(21)24/h3-15,18,24,27H,2,16-17H2,1H3. The lowest BCUT2D eigenvalue weighted by Gasteiger charge is -2.29. The molecule has 3 aromatic rings. The number of rotatable bonds is 6. The van der Waals surface area contributed by atoms with Crippen molar-refractivity contribution in [1.29, 1.82) is 0 Å². The summed E-state index contributed by atoms with van der Waals surface area (Å²) >= 11 is 0. The van der Waals surface area contributed by atoms with Crippen LogP contribution < -0.4 is 4.90 Å². The SMILES string of the molecule is CCC(CO)N(C(=O)OCC1c2ccccc2-c2ccccc21)c1ccccc1. The zero-order valence-electron chi connectivity index (χ0n) is 16.5. The zero-order valence-corrected chi connectivity index (χ0v) is 16.5. The van der Waals surface area contributed by atoms with Gasteiger partial charge in [-0.1, -0.05) is 73.7 Å². The van der Waals surface area contributed by atoms with E-state index in [1.54, 1.807) is 4.90 Å². The highest BCUT2D eigenvalue weighted by atomic mass is 16.6. The van der Waals surface area contributed by atoms with Crippen LogP contribution in [0.3, 0.4) is 0 Å². The number of ether oxygens (including phenoxy) is 1. The van der Waals surface area contributed by atoms with Crippen molar-refractivity contribution in [3.05, 3.63) is 90.0 Å². The summed E-state index contributed by atoms with van der Waals surface area (Å²) in [4.78, 5) is 14.6. The van der Waals surface area contributed by atoms with Crippen molar-refractivity contribution >= 4 is 11.8 Å². The van der Waals surface area contributed by atoms with Gasteiger partial charge in [-0.15, -0.1) is 0 Å². The van der Waals surface area contributed by atoms with Gasteiger partial charge in [0.2, 0.25) is 0 Å². The van der Waals surface area contributed by atoms with Gasteiger partial charge < -0.3 is 9.84 Å². The Balaban J connectivity index is 1.58. The molecular formula is C25H25NO3. The minimum Gasteiger partial charge on any atom is -0.448 e. The number of aliphatic hydroxyl groups excluding tert-OH is 1. The Morgan fingerprint density at radius 1 is 0.931 bits per heavy atom. The normalized spacial score (nSPS) is 13.4. The molecule has 4 rings (SSSR count). The summed E-state index contributed by atoms with van der Waals surface area (Å²) in [5.41, 5.74) is 5.49. The fourth-order valence-corrected chi connectivity index (χ4v) is 4.11. The highest BCUT2D eigenvalue weighted by molar-refractivity contribution is 5.88. The number of nitrogens with zero attached hydrogens (tertiary/aromatic N) is 1. The molecule has 4 nitrogen and oxygen atoms in total. The molecule has 1 unspecified atom stereocenters. The molecule has 0 saturated heterocycles. The molecule has 0 spiro atoms. The first-order valence-corrected chi connectivity index (χ1v) is 10.0. The molecule has 0 saturated carbocycles. The Morgan fingerprint density at radius 2 is 1.48 bits per heavy atom. The van der Waals surface area contributed by atoms with Gasteiger partial charge in [0.15, 0.2) is 0 Å². The molecule has 0 bridgehead atoms. The summed E-state index contributed by atoms with van der Waals surface area (Å²) in [7, 11) is 0. The second kappa shape index (κ2) is 8.50. The minimum absolute atomic E-state index is 0.0122. The lowest BCUT2D eigenvalue weighted by molar-refractivity contribution is 0.143. The number of carbonyl (C=O) groups excluding carboxylic acids is 1. The van der Waals surface area contributed by atoms with Crippen LogP contribution in [-0.4, -0.2) is 30.5 Å². The molecule has 1 atom stereocenters. The van der Waals surface area contributed by atoms with E-state index in [1.165, 1.54) is 22.3 Å². The maximum atomic E-state index is 13.1. The molecule has 29 heavy (non-hydrogen) atoms. The van der Waals surface area contributed by atoms with E-state index in [9.17, 15) is 9.90 Å². The third-order valence-corrected chi connectivity index (χ3v) is 5.61. The van der Waals surface area contributed by atoms with Crippen LogP contribution in [0.15, 0.2) is 78.9 Å². The largest absolute Gasteiger partial charge is 0.448 e. The van der Waals surface area contributed by atoms with Crippen LogP contribution in [0.2, 0.25) is 0 Å². The lowest BCUT2D eigenvalue weighted by atomic mass is 9.98. The molecular weight excluding hydrogens is 362 g/mol. The minimum atomic E-state index is -0.432. The van der Waals surface area contributed by atoms with Gasteiger partial charge in [0, 0.05) is 11.6 Å². The Labute approximate surface area is 171 Å². The van der Waals surface area contributed by atoms with E-state index in [0.717, 1.165) is 5.69 Å². The fourth-order valence-electron chi connectivity index (χ4n) is 4.11. The fraction of sp³-hybridized carbons (Fsp3) is 0.240. The molecule has 1 amide bonds. The van der Waals surface area contributed by atoms with E-state index in [2.05, 4.69) is 24.3 Å². The first-order chi connectivity index (χ1) is 14.2. The molecule has 0 aliphatic heterocycles. The van der Waals surface area contributed by atoms with E-state index >= 15 is 0 Å². The average molecular weight is 387 g/mol. The molecule has 0 radical (unpaired) electrons. The van der Waals surface area contributed by atoms with Crippen molar-refractivity contribution in [2.45, 2.75) is 25.3 Å². The number of benzene rings is 3. The van der Waals surface area contributed by atoms with Crippen molar-refractivity contribution in [1.82, 2.24) is 0 Å². The third kappa shape index (κ3) is 3.64. The molecule has 1 N–H and O–H groups in total. The van der Waals surface area contributed by atoms with Crippen molar-refractivity contribution in [2.75, 3.05) is 18.1 Å². The van der Waals surface area contributed by atoms with Gasteiger partial charge in [0.1, 0.15) is 6.61 Å². The number of aliphatic hydroxyl groups is 1. The molecule has 0 fully saturated rings. The van der Waals surface area contributed by atoms with E-state index in [4.69, 9.17) is 4.74 Å². The second-order valence-corrected chi connectivity index (χ2v) is 7.25. The van der Waals surface area contributed by atoms with Crippen molar-refractivity contribution < 1.29 is 14.6 Å². The molecule has 1 aliphatic rings. The van der Waals surface area contributed by atoms with E-state index in [-0.39, 0.29) is 25.2 Å². The van der Waals surface area contributed by atoms with Crippen LogP contribution in [0.5, 0.6) is 0 Å². The molecule has 4 heteroatoms. The maximum absolute atomic E-state index is 13.1. The predicted octanol–water partition coefficient (Wildman–Crippen LogP) is 5.21. The van der Waals surface area contributed by atoms with Crippen LogP contribution in [0.1, 0.15) is 30.4 Å². The van der Waals surface area contributed by atoms with E-state index in [1.807, 2.05) is 61.5 Å². The number of carbonyl (C=O) groups is 1. The van der Waals surface area contributed by atoms with E-state index < -0.39 is 6.09 Å². The number of hydrogen-bond donors (Lipinski definition) is 1. The van der Waals surface area contributed by atoms with Gasteiger partial charge in [-0.25, -0.2) is 4.79 Å². The average Bonchev–Trinajstić information content (AvgIpc) is 3.10. The summed E-state index contributed by atoms with van der Waals surface area (Å²) in [6.45, 7) is 2.10. The van der Waals surface area contributed by atoms with Crippen LogP contribution >= 0.6 is 0 Å². The third-order valence-electron chi connectivity index (χ3n) is 5.61. The lowest BCUT2D eigenvalue weighted by Crippen LogP contribution is -2.43. The van der Waals surface area contributed by atoms with Gasteiger partial charge in [0.25, 0.3) is 0 Å². The Kier molecular flexibility index (Phi) is 5.63. The predicted molar refractivity (Wildman–Crippen MR) is 115 cm³/mol.